The fraction of sp³-hybridized carbons (Fsp3) is 0.368. The van der Waals surface area contributed by atoms with E-state index in [9.17, 15) is 9.90 Å². The average molecular weight is 356 g/mol. The van der Waals surface area contributed by atoms with Gasteiger partial charge in [0.1, 0.15) is 0 Å². The monoisotopic (exact) mass is 356 g/mol. The van der Waals surface area contributed by atoms with Crippen molar-refractivity contribution < 1.29 is 23.9 Å². The number of carbonyl (C=O) groups is 1. The number of phenolic OH excluding ortho intramolecular Hbond substituents is 1. The number of nitrogens with zero attached hydrogens (tertiary/aromatic N) is 1. The van der Waals surface area contributed by atoms with Crippen molar-refractivity contribution in [1.29, 1.82) is 0 Å². The summed E-state index contributed by atoms with van der Waals surface area (Å²) in [5.41, 5.74) is 3.93. The van der Waals surface area contributed by atoms with Gasteiger partial charge in [-0.05, 0) is 37.5 Å². The average Bonchev–Trinajstić information content (AvgIpc) is 3.01. The first-order valence-electron chi connectivity index (χ1n) is 8.49. The van der Waals surface area contributed by atoms with Crippen LogP contribution in [0.1, 0.15) is 42.0 Å². The third-order valence-electron chi connectivity index (χ3n) is 5.04. The van der Waals surface area contributed by atoms with Gasteiger partial charge in [-0.2, -0.15) is 0 Å². The molecule has 0 unspecified atom stereocenters. The number of fused-ring (bicyclic) bond motifs is 1. The molecule has 1 aromatic carbocycles. The molecule has 1 aliphatic carbocycles. The van der Waals surface area contributed by atoms with Gasteiger partial charge in [0.15, 0.2) is 17.3 Å². The van der Waals surface area contributed by atoms with Crippen molar-refractivity contribution >= 4 is 11.7 Å². The highest BCUT2D eigenvalue weighted by Crippen LogP contribution is 2.49. The smallest absolute Gasteiger partial charge is 0.233 e. The maximum Gasteiger partial charge on any atom is 0.233 e. The van der Waals surface area contributed by atoms with Crippen molar-refractivity contribution in [3.8, 4) is 17.2 Å². The van der Waals surface area contributed by atoms with E-state index in [1.165, 1.54) is 14.2 Å². The number of carbonyl (C=O) groups excluding carboxylic acids is 1. The van der Waals surface area contributed by atoms with Crippen molar-refractivity contribution in [3.05, 3.63) is 40.2 Å². The van der Waals surface area contributed by atoms with Crippen LogP contribution in [0.3, 0.4) is 0 Å². The Labute approximate surface area is 150 Å². The Kier molecular flexibility index (Phi) is 3.86. The fourth-order valence-electron chi connectivity index (χ4n) is 3.83. The highest BCUT2D eigenvalue weighted by molar-refractivity contribution is 6.01. The molecule has 7 nitrogen and oxygen atoms in total. The summed E-state index contributed by atoms with van der Waals surface area (Å²) in [7, 11) is 2.96. The first-order valence-corrected chi connectivity index (χ1v) is 8.49. The van der Waals surface area contributed by atoms with Crippen LogP contribution in [0, 0.1) is 6.92 Å². The zero-order chi connectivity index (χ0) is 18.4. The Hall–Kier alpha value is -2.96. The van der Waals surface area contributed by atoms with E-state index in [2.05, 4.69) is 10.5 Å². The second kappa shape index (κ2) is 6.09. The number of nitrogens with one attached hydrogen (secondary N) is 1. The minimum absolute atomic E-state index is 0.0703. The van der Waals surface area contributed by atoms with Gasteiger partial charge in [0.2, 0.25) is 11.6 Å². The van der Waals surface area contributed by atoms with Gasteiger partial charge >= 0.3 is 0 Å². The number of hydrogen-bond donors (Lipinski definition) is 2. The number of aromatic nitrogens is 1. The summed E-state index contributed by atoms with van der Waals surface area (Å²) < 4.78 is 16.0. The number of aryl methyl sites for hydroxylation is 1. The number of rotatable bonds is 3. The molecule has 2 heterocycles. The number of allylic oxidation sites excluding steroid dienone is 2. The lowest BCUT2D eigenvalue weighted by Gasteiger charge is -2.31. The molecule has 2 N–H and O–H groups in total. The molecule has 1 aromatic heterocycles. The number of phenols is 1. The number of hydrogen-bond acceptors (Lipinski definition) is 7. The van der Waals surface area contributed by atoms with Gasteiger partial charge in [-0.3, -0.25) is 4.79 Å². The van der Waals surface area contributed by atoms with Crippen LogP contribution < -0.4 is 14.8 Å². The van der Waals surface area contributed by atoms with E-state index in [4.69, 9.17) is 14.0 Å². The van der Waals surface area contributed by atoms with Gasteiger partial charge < -0.3 is 24.4 Å². The number of anilines is 1. The molecular weight excluding hydrogens is 336 g/mol. The van der Waals surface area contributed by atoms with Gasteiger partial charge in [-0.15, -0.1) is 0 Å². The van der Waals surface area contributed by atoms with Crippen LogP contribution in [0.15, 0.2) is 27.9 Å². The molecule has 4 rings (SSSR count). The molecule has 136 valence electrons. The number of aromatic hydroxyl groups is 1. The lowest BCUT2D eigenvalue weighted by atomic mass is 9.76. The zero-order valence-corrected chi connectivity index (χ0v) is 14.9. The van der Waals surface area contributed by atoms with E-state index in [1.54, 1.807) is 12.1 Å². The minimum Gasteiger partial charge on any atom is -0.502 e. The third-order valence-corrected chi connectivity index (χ3v) is 5.04. The van der Waals surface area contributed by atoms with Gasteiger partial charge in [0, 0.05) is 23.6 Å². The van der Waals surface area contributed by atoms with Crippen LogP contribution in [0.4, 0.5) is 5.88 Å². The first-order chi connectivity index (χ1) is 12.5. The van der Waals surface area contributed by atoms with E-state index in [0.29, 0.717) is 29.5 Å². The van der Waals surface area contributed by atoms with Crippen LogP contribution in [0.5, 0.6) is 17.2 Å². The third kappa shape index (κ3) is 2.34. The topological polar surface area (TPSA) is 93.8 Å². The molecule has 0 saturated heterocycles. The number of ketones is 1. The SMILES string of the molecule is COc1cc([C@@H]2C3=C(CCCC3=O)Nc3onc(C)c32)cc(OC)c1O. The molecule has 0 saturated carbocycles. The molecule has 26 heavy (non-hydrogen) atoms. The molecule has 0 fully saturated rings. The van der Waals surface area contributed by atoms with Crippen molar-refractivity contribution in [2.45, 2.75) is 32.1 Å². The number of ether oxygens (including phenoxy) is 2. The molecule has 7 heteroatoms. The maximum atomic E-state index is 12.8. The van der Waals surface area contributed by atoms with E-state index < -0.39 is 0 Å². The quantitative estimate of drug-likeness (QED) is 0.871. The normalized spacial score (nSPS) is 18.9. The summed E-state index contributed by atoms with van der Waals surface area (Å²) in [6, 6.07) is 3.47. The largest absolute Gasteiger partial charge is 0.502 e. The summed E-state index contributed by atoms with van der Waals surface area (Å²) in [6.07, 6.45) is 2.11. The van der Waals surface area contributed by atoms with Gasteiger partial charge in [0.05, 0.1) is 25.5 Å². The van der Waals surface area contributed by atoms with E-state index in [1.807, 2.05) is 6.92 Å². The highest BCUT2D eigenvalue weighted by atomic mass is 16.5. The van der Waals surface area contributed by atoms with Crippen molar-refractivity contribution in [1.82, 2.24) is 5.16 Å². The Balaban J connectivity index is 1.97. The summed E-state index contributed by atoms with van der Waals surface area (Å²) >= 11 is 0. The minimum atomic E-state index is -0.344. The van der Waals surface area contributed by atoms with Crippen LogP contribution in [-0.2, 0) is 4.79 Å². The number of Topliss-reactive ketones (excluding diaryl/α,β-unsaturated/α-hetero) is 1. The number of benzene rings is 1. The fourth-order valence-corrected chi connectivity index (χ4v) is 3.83. The second-order valence-electron chi connectivity index (χ2n) is 6.51. The molecule has 0 radical (unpaired) electrons. The van der Waals surface area contributed by atoms with Crippen molar-refractivity contribution in [2.75, 3.05) is 19.5 Å². The standard InChI is InChI=1S/C19H20N2O5/c1-9-15-16(10-7-13(24-2)18(23)14(8-10)25-3)17-11(5-4-6-12(17)22)20-19(15)26-21-9/h7-8,16,20,23H,4-6H2,1-3H3/t16-/m0/s1. The Morgan fingerprint density at radius 3 is 2.58 bits per heavy atom. The Bertz CT molecular complexity index is 903. The molecule has 0 bridgehead atoms. The lowest BCUT2D eigenvalue weighted by Crippen LogP contribution is -2.26. The predicted octanol–water partition coefficient (Wildman–Crippen LogP) is 3.27. The Morgan fingerprint density at radius 2 is 1.92 bits per heavy atom. The summed E-state index contributed by atoms with van der Waals surface area (Å²) in [4.78, 5) is 12.8. The van der Waals surface area contributed by atoms with Crippen LogP contribution in [0.25, 0.3) is 0 Å². The summed E-state index contributed by atoms with van der Waals surface area (Å²) in [5, 5.41) is 17.5. The van der Waals surface area contributed by atoms with E-state index in [0.717, 1.165) is 35.2 Å². The summed E-state index contributed by atoms with van der Waals surface area (Å²) in [6.45, 7) is 1.85. The molecular formula is C19H20N2O5. The van der Waals surface area contributed by atoms with Crippen LogP contribution >= 0.6 is 0 Å². The lowest BCUT2D eigenvalue weighted by molar-refractivity contribution is -0.116. The first kappa shape index (κ1) is 16.5. The van der Waals surface area contributed by atoms with Gasteiger partial charge in [-0.25, -0.2) is 0 Å². The van der Waals surface area contributed by atoms with Crippen LogP contribution in [-0.4, -0.2) is 30.3 Å². The summed E-state index contributed by atoms with van der Waals surface area (Å²) in [5.74, 6) is 0.841. The molecule has 0 amide bonds. The van der Waals surface area contributed by atoms with Gasteiger partial charge in [0.25, 0.3) is 0 Å². The molecule has 1 aliphatic heterocycles. The molecule has 1 atom stereocenters. The molecule has 2 aromatic rings. The highest BCUT2D eigenvalue weighted by Gasteiger charge is 2.39. The molecule has 0 spiro atoms. The van der Waals surface area contributed by atoms with Crippen molar-refractivity contribution in [2.24, 2.45) is 0 Å². The number of methoxy groups -OCH3 is 2. The molecule has 2 aliphatic rings. The van der Waals surface area contributed by atoms with E-state index in [-0.39, 0.29) is 17.5 Å². The van der Waals surface area contributed by atoms with Crippen LogP contribution in [0.2, 0.25) is 0 Å². The second-order valence-corrected chi connectivity index (χ2v) is 6.51. The van der Waals surface area contributed by atoms with Crippen molar-refractivity contribution in [3.63, 3.8) is 0 Å². The van der Waals surface area contributed by atoms with Gasteiger partial charge in [-0.1, -0.05) is 5.16 Å². The van der Waals surface area contributed by atoms with E-state index >= 15 is 0 Å². The zero-order valence-electron chi connectivity index (χ0n) is 14.9. The predicted molar refractivity (Wildman–Crippen MR) is 93.8 cm³/mol. The Morgan fingerprint density at radius 1 is 1.23 bits per heavy atom. The maximum absolute atomic E-state index is 12.8.